The van der Waals surface area contributed by atoms with Crippen LogP contribution in [0.15, 0.2) is 48.5 Å². The quantitative estimate of drug-likeness (QED) is 0.585. The lowest BCUT2D eigenvalue weighted by Gasteiger charge is -2.10. The smallest absolute Gasteiger partial charge is 0.204 e. The fourth-order valence-corrected chi connectivity index (χ4v) is 2.73. The van der Waals surface area contributed by atoms with Gasteiger partial charge in [-0.05, 0) is 50.2 Å². The Morgan fingerprint density at radius 1 is 1.04 bits per heavy atom. The van der Waals surface area contributed by atoms with E-state index in [4.69, 9.17) is 0 Å². The Labute approximate surface area is 138 Å². The minimum atomic E-state index is 0.0425. The van der Waals surface area contributed by atoms with Gasteiger partial charge in [-0.3, -0.25) is 9.20 Å². The molecule has 0 fully saturated rings. The van der Waals surface area contributed by atoms with Gasteiger partial charge in [-0.25, -0.2) is 4.98 Å². The zero-order valence-corrected chi connectivity index (χ0v) is 13.3. The number of fused-ring (bicyclic) bond motifs is 3. The number of Topliss-reactive ketones (excluding diaryl/α,β-unsaturated/α-hetero) is 1. The summed E-state index contributed by atoms with van der Waals surface area (Å²) in [5, 5.41) is 11.7. The number of carbonyl (C=O) groups excluding carboxylic acids is 1. The summed E-state index contributed by atoms with van der Waals surface area (Å²) in [6.07, 6.45) is 0. The summed E-state index contributed by atoms with van der Waals surface area (Å²) in [5.41, 5.74) is 4.01. The number of aryl methyl sites for hydroxylation is 1. The van der Waals surface area contributed by atoms with Crippen molar-refractivity contribution in [2.45, 2.75) is 13.8 Å². The van der Waals surface area contributed by atoms with E-state index >= 15 is 0 Å². The van der Waals surface area contributed by atoms with E-state index in [1.165, 1.54) is 0 Å². The van der Waals surface area contributed by atoms with E-state index in [9.17, 15) is 4.79 Å². The van der Waals surface area contributed by atoms with Gasteiger partial charge < -0.3 is 5.32 Å². The molecule has 6 nitrogen and oxygen atoms in total. The molecule has 118 valence electrons. The second-order valence-corrected chi connectivity index (χ2v) is 5.61. The molecular formula is C18H15N5O. The van der Waals surface area contributed by atoms with E-state index in [-0.39, 0.29) is 5.78 Å². The van der Waals surface area contributed by atoms with Crippen LogP contribution in [-0.2, 0) is 0 Å². The zero-order chi connectivity index (χ0) is 16.7. The lowest BCUT2D eigenvalue weighted by Crippen LogP contribution is -2.01. The van der Waals surface area contributed by atoms with Gasteiger partial charge in [0.2, 0.25) is 5.65 Å². The summed E-state index contributed by atoms with van der Waals surface area (Å²) in [7, 11) is 0. The van der Waals surface area contributed by atoms with Gasteiger partial charge in [0.25, 0.3) is 0 Å². The molecule has 2 heterocycles. The number of hydrogen-bond donors (Lipinski definition) is 1. The maximum Gasteiger partial charge on any atom is 0.204 e. The average Bonchev–Trinajstić information content (AvgIpc) is 2.98. The fraction of sp³-hybridized carbons (Fsp3) is 0.111. The zero-order valence-electron chi connectivity index (χ0n) is 13.3. The first-order valence-corrected chi connectivity index (χ1v) is 7.62. The highest BCUT2D eigenvalue weighted by molar-refractivity contribution is 5.94. The van der Waals surface area contributed by atoms with Crippen LogP contribution in [0, 0.1) is 6.92 Å². The molecule has 0 radical (unpaired) electrons. The summed E-state index contributed by atoms with van der Waals surface area (Å²) in [6.45, 7) is 3.47. The van der Waals surface area contributed by atoms with Crippen molar-refractivity contribution >= 4 is 34.0 Å². The molecule has 0 spiro atoms. The van der Waals surface area contributed by atoms with E-state index in [1.54, 1.807) is 19.1 Å². The molecule has 4 rings (SSSR count). The highest BCUT2D eigenvalue weighted by Crippen LogP contribution is 2.24. The Hall–Kier alpha value is -3.28. The molecule has 2 aromatic heterocycles. The molecule has 4 aromatic rings. The van der Waals surface area contributed by atoms with Crippen LogP contribution in [-0.4, -0.2) is 25.4 Å². The molecule has 6 heteroatoms. The first kappa shape index (κ1) is 14.3. The van der Waals surface area contributed by atoms with Crippen LogP contribution < -0.4 is 5.32 Å². The van der Waals surface area contributed by atoms with E-state index in [0.29, 0.717) is 17.0 Å². The number of nitrogens with one attached hydrogen (secondary N) is 1. The highest BCUT2D eigenvalue weighted by Gasteiger charge is 2.13. The maximum atomic E-state index is 11.4. The van der Waals surface area contributed by atoms with Gasteiger partial charge in [0.1, 0.15) is 5.82 Å². The van der Waals surface area contributed by atoms with Crippen molar-refractivity contribution in [1.29, 1.82) is 0 Å². The third kappa shape index (κ3) is 2.28. The van der Waals surface area contributed by atoms with Crippen LogP contribution in [0.2, 0.25) is 0 Å². The van der Waals surface area contributed by atoms with Gasteiger partial charge in [-0.2, -0.15) is 0 Å². The van der Waals surface area contributed by atoms with Crippen LogP contribution in [0.5, 0.6) is 0 Å². The molecule has 0 aliphatic heterocycles. The third-order valence-corrected chi connectivity index (χ3v) is 3.95. The van der Waals surface area contributed by atoms with Crippen LogP contribution >= 0.6 is 0 Å². The van der Waals surface area contributed by atoms with Crippen LogP contribution in [0.4, 0.5) is 11.5 Å². The van der Waals surface area contributed by atoms with Gasteiger partial charge >= 0.3 is 0 Å². The molecule has 0 aliphatic rings. The Balaban J connectivity index is 1.84. The predicted octanol–water partition coefficient (Wildman–Crippen LogP) is 3.53. The number of ketones is 1. The summed E-state index contributed by atoms with van der Waals surface area (Å²) in [6, 6.07) is 15.2. The monoisotopic (exact) mass is 317 g/mol. The molecule has 0 saturated carbocycles. The van der Waals surface area contributed by atoms with Gasteiger partial charge in [-0.1, -0.05) is 12.1 Å². The van der Waals surface area contributed by atoms with E-state index in [2.05, 4.69) is 20.5 Å². The van der Waals surface area contributed by atoms with Crippen LogP contribution in [0.25, 0.3) is 16.7 Å². The number of hydrogen-bond acceptors (Lipinski definition) is 5. The van der Waals surface area contributed by atoms with Crippen molar-refractivity contribution in [3.63, 3.8) is 0 Å². The van der Waals surface area contributed by atoms with Crippen molar-refractivity contribution in [1.82, 2.24) is 19.6 Å². The van der Waals surface area contributed by atoms with Crippen molar-refractivity contribution in [3.05, 3.63) is 59.9 Å². The lowest BCUT2D eigenvalue weighted by molar-refractivity contribution is 0.101. The van der Waals surface area contributed by atoms with Gasteiger partial charge in [0, 0.05) is 11.3 Å². The summed E-state index contributed by atoms with van der Waals surface area (Å²) in [4.78, 5) is 16.1. The number of nitrogens with zero attached hydrogens (tertiary/aromatic N) is 4. The molecule has 1 N–H and O–H groups in total. The second-order valence-electron chi connectivity index (χ2n) is 5.61. The molecule has 0 aliphatic carbocycles. The predicted molar refractivity (Wildman–Crippen MR) is 92.8 cm³/mol. The molecule has 0 bridgehead atoms. The standard InChI is InChI=1S/C18H15N5O/c1-11(24)13-7-9-14(10-8-13)19-17-18-22-21-12(2)23(18)16-6-4-3-5-15(16)20-17/h3-10H,1-2H3,(H,19,20). The van der Waals surface area contributed by atoms with E-state index in [0.717, 1.165) is 22.5 Å². The molecule has 0 unspecified atom stereocenters. The first-order chi connectivity index (χ1) is 11.6. The van der Waals surface area contributed by atoms with Crippen LogP contribution in [0.1, 0.15) is 23.1 Å². The topological polar surface area (TPSA) is 72.2 Å². The number of benzene rings is 2. The minimum absolute atomic E-state index is 0.0425. The SMILES string of the molecule is CC(=O)c1ccc(Nc2nc3ccccc3n3c(C)nnc23)cc1. The number of aromatic nitrogens is 4. The van der Waals surface area contributed by atoms with Gasteiger partial charge in [0.15, 0.2) is 11.6 Å². The summed E-state index contributed by atoms with van der Waals surface area (Å²) in [5.74, 6) is 1.48. The second kappa shape index (κ2) is 5.42. The summed E-state index contributed by atoms with van der Waals surface area (Å²) < 4.78 is 1.98. The third-order valence-electron chi connectivity index (χ3n) is 3.95. The van der Waals surface area contributed by atoms with Crippen molar-refractivity contribution in [3.8, 4) is 0 Å². The van der Waals surface area contributed by atoms with E-state index < -0.39 is 0 Å². The largest absolute Gasteiger partial charge is 0.337 e. The fourth-order valence-electron chi connectivity index (χ4n) is 2.73. The van der Waals surface area contributed by atoms with Crippen molar-refractivity contribution in [2.75, 3.05) is 5.32 Å². The highest BCUT2D eigenvalue weighted by atomic mass is 16.1. The Kier molecular flexibility index (Phi) is 3.23. The number of rotatable bonds is 3. The molecule has 0 amide bonds. The molecular weight excluding hydrogens is 302 g/mol. The Morgan fingerprint density at radius 3 is 2.54 bits per heavy atom. The Bertz CT molecular complexity index is 1070. The number of para-hydroxylation sites is 2. The lowest BCUT2D eigenvalue weighted by atomic mass is 10.1. The van der Waals surface area contributed by atoms with Crippen LogP contribution in [0.3, 0.4) is 0 Å². The normalized spacial score (nSPS) is 11.1. The number of carbonyl (C=O) groups is 1. The van der Waals surface area contributed by atoms with Gasteiger partial charge in [0.05, 0.1) is 11.0 Å². The minimum Gasteiger partial charge on any atom is -0.337 e. The molecule has 2 aromatic carbocycles. The molecule has 0 atom stereocenters. The maximum absolute atomic E-state index is 11.4. The average molecular weight is 317 g/mol. The molecule has 24 heavy (non-hydrogen) atoms. The van der Waals surface area contributed by atoms with Gasteiger partial charge in [-0.15, -0.1) is 10.2 Å². The Morgan fingerprint density at radius 2 is 1.79 bits per heavy atom. The van der Waals surface area contributed by atoms with E-state index in [1.807, 2.05) is 47.7 Å². The first-order valence-electron chi connectivity index (χ1n) is 7.62. The summed E-state index contributed by atoms with van der Waals surface area (Å²) >= 11 is 0. The van der Waals surface area contributed by atoms with Crippen molar-refractivity contribution in [2.24, 2.45) is 0 Å². The number of anilines is 2. The van der Waals surface area contributed by atoms with Crippen molar-refractivity contribution < 1.29 is 4.79 Å². The molecule has 0 saturated heterocycles.